The average molecular weight is 351 g/mol. The van der Waals surface area contributed by atoms with Crippen LogP contribution in [0.15, 0.2) is 65.4 Å². The number of benzene rings is 1. The molecule has 0 radical (unpaired) electrons. The molecule has 134 valence electrons. The molecule has 6 heteroatoms. The zero-order chi connectivity index (χ0) is 18.2. The van der Waals surface area contributed by atoms with E-state index in [2.05, 4.69) is 21.7 Å². The summed E-state index contributed by atoms with van der Waals surface area (Å²) in [4.78, 5) is 16.4. The third-order valence-electron chi connectivity index (χ3n) is 3.88. The Morgan fingerprint density at radius 3 is 2.85 bits per heavy atom. The van der Waals surface area contributed by atoms with Crippen molar-refractivity contribution in [1.82, 2.24) is 10.3 Å². The first kappa shape index (κ1) is 17.5. The molecule has 0 aliphatic carbocycles. The highest BCUT2D eigenvalue weighted by Crippen LogP contribution is 2.13. The molecule has 0 aliphatic rings. The van der Waals surface area contributed by atoms with E-state index in [0.29, 0.717) is 17.9 Å². The molecule has 3 rings (SSSR count). The van der Waals surface area contributed by atoms with Crippen molar-refractivity contribution in [2.45, 2.75) is 13.0 Å². The van der Waals surface area contributed by atoms with Gasteiger partial charge in [-0.2, -0.15) is 0 Å². The van der Waals surface area contributed by atoms with Gasteiger partial charge < -0.3 is 19.8 Å². The SMILES string of the molecule is COc1cccc(CCNc2ccc(C(=O)NCc3ccco3)cn2)c1. The standard InChI is InChI=1S/C20H21N3O3/c1-25-17-5-2-4-15(12-17)9-10-21-19-8-7-16(13-22-19)20(24)23-14-18-6-3-11-26-18/h2-8,11-13H,9-10,14H2,1H3,(H,21,22)(H,23,24). The smallest absolute Gasteiger partial charge is 0.253 e. The fourth-order valence-corrected chi connectivity index (χ4v) is 2.48. The minimum atomic E-state index is -0.183. The first-order valence-corrected chi connectivity index (χ1v) is 8.38. The van der Waals surface area contributed by atoms with E-state index in [0.717, 1.165) is 24.5 Å². The summed E-state index contributed by atoms with van der Waals surface area (Å²) in [5.41, 5.74) is 1.70. The predicted octanol–water partition coefficient (Wildman–Crippen LogP) is 3.27. The highest BCUT2D eigenvalue weighted by molar-refractivity contribution is 5.93. The molecule has 0 unspecified atom stereocenters. The van der Waals surface area contributed by atoms with Crippen LogP contribution in [0.5, 0.6) is 5.75 Å². The van der Waals surface area contributed by atoms with E-state index in [4.69, 9.17) is 9.15 Å². The molecular weight excluding hydrogens is 330 g/mol. The maximum absolute atomic E-state index is 12.1. The molecule has 0 bridgehead atoms. The van der Waals surface area contributed by atoms with E-state index in [9.17, 15) is 4.79 Å². The summed E-state index contributed by atoms with van der Waals surface area (Å²) in [6, 6.07) is 15.1. The summed E-state index contributed by atoms with van der Waals surface area (Å²) in [6.07, 6.45) is 3.99. The van der Waals surface area contributed by atoms with Crippen molar-refractivity contribution in [3.8, 4) is 5.75 Å². The highest BCUT2D eigenvalue weighted by atomic mass is 16.5. The molecule has 2 heterocycles. The Morgan fingerprint density at radius 2 is 2.12 bits per heavy atom. The zero-order valence-corrected chi connectivity index (χ0v) is 14.6. The zero-order valence-electron chi connectivity index (χ0n) is 14.6. The van der Waals surface area contributed by atoms with Crippen molar-refractivity contribution in [3.63, 3.8) is 0 Å². The molecule has 26 heavy (non-hydrogen) atoms. The normalized spacial score (nSPS) is 10.3. The van der Waals surface area contributed by atoms with E-state index in [1.165, 1.54) is 5.56 Å². The lowest BCUT2D eigenvalue weighted by Gasteiger charge is -2.08. The van der Waals surface area contributed by atoms with Crippen LogP contribution in [0.4, 0.5) is 5.82 Å². The number of ether oxygens (including phenoxy) is 1. The van der Waals surface area contributed by atoms with Gasteiger partial charge in [0.05, 0.1) is 25.5 Å². The van der Waals surface area contributed by atoms with Gasteiger partial charge in [0.25, 0.3) is 5.91 Å². The molecule has 3 aromatic rings. The average Bonchev–Trinajstić information content (AvgIpc) is 3.20. The van der Waals surface area contributed by atoms with Crippen molar-refractivity contribution in [2.24, 2.45) is 0 Å². The monoisotopic (exact) mass is 351 g/mol. The number of carbonyl (C=O) groups is 1. The summed E-state index contributed by atoms with van der Waals surface area (Å²) < 4.78 is 10.4. The number of amides is 1. The van der Waals surface area contributed by atoms with Gasteiger partial charge >= 0.3 is 0 Å². The Labute approximate surface area is 152 Å². The fourth-order valence-electron chi connectivity index (χ4n) is 2.48. The van der Waals surface area contributed by atoms with Gasteiger partial charge in [-0.15, -0.1) is 0 Å². The number of furan rings is 1. The molecule has 1 aromatic carbocycles. The topological polar surface area (TPSA) is 76.4 Å². The molecule has 0 saturated carbocycles. The van der Waals surface area contributed by atoms with Crippen molar-refractivity contribution in [1.29, 1.82) is 0 Å². The summed E-state index contributed by atoms with van der Waals surface area (Å²) in [5.74, 6) is 2.11. The first-order chi connectivity index (χ1) is 12.7. The Kier molecular flexibility index (Phi) is 5.88. The van der Waals surface area contributed by atoms with Gasteiger partial charge in [0.1, 0.15) is 17.3 Å². The van der Waals surface area contributed by atoms with Crippen molar-refractivity contribution >= 4 is 11.7 Å². The molecular formula is C20H21N3O3. The molecule has 6 nitrogen and oxygen atoms in total. The van der Waals surface area contributed by atoms with E-state index >= 15 is 0 Å². The van der Waals surface area contributed by atoms with Crippen LogP contribution in [0.1, 0.15) is 21.7 Å². The lowest BCUT2D eigenvalue weighted by Crippen LogP contribution is -2.22. The van der Waals surface area contributed by atoms with Crippen LogP contribution >= 0.6 is 0 Å². The van der Waals surface area contributed by atoms with Gasteiger partial charge in [-0.3, -0.25) is 4.79 Å². The Hall–Kier alpha value is -3.28. The van der Waals surface area contributed by atoms with Crippen molar-refractivity contribution in [3.05, 3.63) is 77.9 Å². The largest absolute Gasteiger partial charge is 0.497 e. The summed E-state index contributed by atoms with van der Waals surface area (Å²) >= 11 is 0. The number of aromatic nitrogens is 1. The molecule has 0 saturated heterocycles. The molecule has 2 N–H and O–H groups in total. The van der Waals surface area contributed by atoms with Gasteiger partial charge in [0, 0.05) is 12.7 Å². The molecule has 0 aliphatic heterocycles. The lowest BCUT2D eigenvalue weighted by molar-refractivity contribution is 0.0947. The second kappa shape index (κ2) is 8.71. The third-order valence-corrected chi connectivity index (χ3v) is 3.88. The van der Waals surface area contributed by atoms with Gasteiger partial charge in [-0.1, -0.05) is 12.1 Å². The van der Waals surface area contributed by atoms with Gasteiger partial charge in [-0.05, 0) is 48.4 Å². The van der Waals surface area contributed by atoms with E-state index < -0.39 is 0 Å². The summed E-state index contributed by atoms with van der Waals surface area (Å²) in [6.45, 7) is 1.09. The van der Waals surface area contributed by atoms with Crippen LogP contribution in [-0.4, -0.2) is 24.5 Å². The second-order valence-corrected chi connectivity index (χ2v) is 5.72. The van der Waals surface area contributed by atoms with Crippen LogP contribution < -0.4 is 15.4 Å². The van der Waals surface area contributed by atoms with Crippen molar-refractivity contribution in [2.75, 3.05) is 19.0 Å². The van der Waals surface area contributed by atoms with E-state index in [1.807, 2.05) is 24.3 Å². The van der Waals surface area contributed by atoms with Gasteiger partial charge in [0.2, 0.25) is 0 Å². The second-order valence-electron chi connectivity index (χ2n) is 5.72. The lowest BCUT2D eigenvalue weighted by atomic mass is 10.1. The van der Waals surface area contributed by atoms with Gasteiger partial charge in [-0.25, -0.2) is 4.98 Å². The molecule has 0 atom stereocenters. The predicted molar refractivity (Wildman–Crippen MR) is 99.3 cm³/mol. The maximum Gasteiger partial charge on any atom is 0.253 e. The van der Waals surface area contributed by atoms with Crippen LogP contribution in [-0.2, 0) is 13.0 Å². The quantitative estimate of drug-likeness (QED) is 0.651. The number of rotatable bonds is 8. The minimum absolute atomic E-state index is 0.183. The highest BCUT2D eigenvalue weighted by Gasteiger charge is 2.07. The first-order valence-electron chi connectivity index (χ1n) is 8.38. The maximum atomic E-state index is 12.1. The molecule has 1 amide bonds. The number of carbonyl (C=O) groups excluding carboxylic acids is 1. The number of methoxy groups -OCH3 is 1. The number of nitrogens with zero attached hydrogens (tertiary/aromatic N) is 1. The Morgan fingerprint density at radius 1 is 1.19 bits per heavy atom. The Bertz CT molecular complexity index is 830. The number of anilines is 1. The fraction of sp³-hybridized carbons (Fsp3) is 0.200. The number of hydrogen-bond acceptors (Lipinski definition) is 5. The van der Waals surface area contributed by atoms with Crippen molar-refractivity contribution < 1.29 is 13.9 Å². The Balaban J connectivity index is 1.47. The summed E-state index contributed by atoms with van der Waals surface area (Å²) in [7, 11) is 1.66. The van der Waals surface area contributed by atoms with Crippen LogP contribution in [0.3, 0.4) is 0 Å². The van der Waals surface area contributed by atoms with E-state index in [-0.39, 0.29) is 5.91 Å². The molecule has 0 fully saturated rings. The number of hydrogen-bond donors (Lipinski definition) is 2. The summed E-state index contributed by atoms with van der Waals surface area (Å²) in [5, 5.41) is 6.04. The van der Waals surface area contributed by atoms with Crippen LogP contribution in [0.25, 0.3) is 0 Å². The number of nitrogens with one attached hydrogen (secondary N) is 2. The minimum Gasteiger partial charge on any atom is -0.497 e. The molecule has 2 aromatic heterocycles. The van der Waals surface area contributed by atoms with Crippen LogP contribution in [0.2, 0.25) is 0 Å². The van der Waals surface area contributed by atoms with Gasteiger partial charge in [0.15, 0.2) is 0 Å². The number of pyridine rings is 1. The van der Waals surface area contributed by atoms with E-state index in [1.54, 1.807) is 37.8 Å². The molecule has 0 spiro atoms. The third kappa shape index (κ3) is 4.86. The van der Waals surface area contributed by atoms with Crippen LogP contribution in [0, 0.1) is 0 Å².